The van der Waals surface area contributed by atoms with Gasteiger partial charge < -0.3 is 14.2 Å². The molecule has 15 heavy (non-hydrogen) atoms. The van der Waals surface area contributed by atoms with Crippen molar-refractivity contribution in [2.24, 2.45) is 0 Å². The monoisotopic (exact) mass is 208 g/mol. The highest BCUT2D eigenvalue weighted by molar-refractivity contribution is 5.59. The van der Waals surface area contributed by atoms with E-state index in [1.54, 1.807) is 21.3 Å². The summed E-state index contributed by atoms with van der Waals surface area (Å²) in [7, 11) is 4.94. The normalized spacial score (nSPS) is 10.6. The van der Waals surface area contributed by atoms with E-state index in [4.69, 9.17) is 14.2 Å². The van der Waals surface area contributed by atoms with Gasteiger partial charge in [-0.15, -0.1) is 0 Å². The van der Waals surface area contributed by atoms with Crippen LogP contribution in [0.1, 0.15) is 5.56 Å². The van der Waals surface area contributed by atoms with E-state index in [2.05, 4.69) is 0 Å². The van der Waals surface area contributed by atoms with Gasteiger partial charge in [-0.3, -0.25) is 0 Å². The summed E-state index contributed by atoms with van der Waals surface area (Å²) in [6, 6.07) is 5.70. The topological polar surface area (TPSA) is 27.7 Å². The van der Waals surface area contributed by atoms with Gasteiger partial charge in [-0.1, -0.05) is 12.2 Å². The Morgan fingerprint density at radius 2 is 1.93 bits per heavy atom. The van der Waals surface area contributed by atoms with Crippen molar-refractivity contribution < 1.29 is 14.2 Å². The van der Waals surface area contributed by atoms with Crippen molar-refractivity contribution in [1.29, 1.82) is 0 Å². The van der Waals surface area contributed by atoms with E-state index in [9.17, 15) is 0 Å². The molecule has 3 nitrogen and oxygen atoms in total. The first-order valence-electron chi connectivity index (χ1n) is 4.69. The quantitative estimate of drug-likeness (QED) is 0.743. The molecule has 0 bridgehead atoms. The van der Waals surface area contributed by atoms with E-state index < -0.39 is 0 Å². The molecule has 0 aromatic heterocycles. The Balaban J connectivity index is 2.87. The van der Waals surface area contributed by atoms with Crippen LogP contribution in [-0.4, -0.2) is 27.9 Å². The average molecular weight is 208 g/mol. The molecule has 0 atom stereocenters. The van der Waals surface area contributed by atoms with Crippen LogP contribution in [0.4, 0.5) is 0 Å². The Bertz CT molecular complexity index is 332. The van der Waals surface area contributed by atoms with Gasteiger partial charge in [0, 0.05) is 18.7 Å². The van der Waals surface area contributed by atoms with E-state index in [1.807, 2.05) is 30.4 Å². The molecule has 0 amide bonds. The number of benzene rings is 1. The van der Waals surface area contributed by atoms with Gasteiger partial charge in [0.1, 0.15) is 11.5 Å². The third kappa shape index (κ3) is 3.29. The summed E-state index contributed by atoms with van der Waals surface area (Å²) in [5, 5.41) is 0. The van der Waals surface area contributed by atoms with Crippen LogP contribution in [0.3, 0.4) is 0 Å². The van der Waals surface area contributed by atoms with Gasteiger partial charge in [0.25, 0.3) is 0 Å². The standard InChI is InChI=1S/C12H16O3/c1-13-8-4-5-10-6-7-11(14-2)9-12(10)15-3/h4-7,9H,8H2,1-3H3. The van der Waals surface area contributed by atoms with Gasteiger partial charge in [-0.2, -0.15) is 0 Å². The molecule has 0 aliphatic carbocycles. The van der Waals surface area contributed by atoms with Crippen molar-refractivity contribution in [2.45, 2.75) is 0 Å². The number of hydrogen-bond acceptors (Lipinski definition) is 3. The second kappa shape index (κ2) is 6.09. The van der Waals surface area contributed by atoms with Gasteiger partial charge >= 0.3 is 0 Å². The smallest absolute Gasteiger partial charge is 0.129 e. The summed E-state index contributed by atoms with van der Waals surface area (Å²) >= 11 is 0. The lowest BCUT2D eigenvalue weighted by Gasteiger charge is -2.07. The largest absolute Gasteiger partial charge is 0.497 e. The van der Waals surface area contributed by atoms with Crippen molar-refractivity contribution in [3.8, 4) is 11.5 Å². The predicted molar refractivity (Wildman–Crippen MR) is 60.5 cm³/mol. The molecule has 0 N–H and O–H groups in total. The highest BCUT2D eigenvalue weighted by Crippen LogP contribution is 2.25. The molecule has 82 valence electrons. The second-order valence-corrected chi connectivity index (χ2v) is 2.97. The zero-order chi connectivity index (χ0) is 11.1. The second-order valence-electron chi connectivity index (χ2n) is 2.97. The van der Waals surface area contributed by atoms with E-state index in [1.165, 1.54) is 0 Å². The van der Waals surface area contributed by atoms with Crippen molar-refractivity contribution in [3.63, 3.8) is 0 Å². The summed E-state index contributed by atoms with van der Waals surface area (Å²) in [5.41, 5.74) is 1.01. The van der Waals surface area contributed by atoms with Crippen LogP contribution < -0.4 is 9.47 Å². The summed E-state index contributed by atoms with van der Waals surface area (Å²) in [6.45, 7) is 0.592. The van der Waals surface area contributed by atoms with Crippen molar-refractivity contribution in [2.75, 3.05) is 27.9 Å². The minimum atomic E-state index is 0.592. The first-order chi connectivity index (χ1) is 7.31. The molecule has 1 aromatic rings. The third-order valence-electron chi connectivity index (χ3n) is 2.00. The molecule has 3 heteroatoms. The van der Waals surface area contributed by atoms with Gasteiger partial charge in [0.2, 0.25) is 0 Å². The van der Waals surface area contributed by atoms with Crippen LogP contribution >= 0.6 is 0 Å². The lowest BCUT2D eigenvalue weighted by Crippen LogP contribution is -1.90. The van der Waals surface area contributed by atoms with E-state index in [0.29, 0.717) is 6.61 Å². The highest BCUT2D eigenvalue weighted by atomic mass is 16.5. The maximum atomic E-state index is 5.25. The van der Waals surface area contributed by atoms with Gasteiger partial charge in [0.15, 0.2) is 0 Å². The Morgan fingerprint density at radius 1 is 1.13 bits per heavy atom. The number of methoxy groups -OCH3 is 3. The van der Waals surface area contributed by atoms with Crippen molar-refractivity contribution in [1.82, 2.24) is 0 Å². The number of ether oxygens (including phenoxy) is 3. The van der Waals surface area contributed by atoms with E-state index >= 15 is 0 Å². The molecular weight excluding hydrogens is 192 g/mol. The molecule has 0 radical (unpaired) electrons. The highest BCUT2D eigenvalue weighted by Gasteiger charge is 2.01. The van der Waals surface area contributed by atoms with Gasteiger partial charge in [-0.25, -0.2) is 0 Å². The molecule has 0 spiro atoms. The zero-order valence-corrected chi connectivity index (χ0v) is 9.32. The fourth-order valence-corrected chi connectivity index (χ4v) is 1.23. The number of hydrogen-bond donors (Lipinski definition) is 0. The molecule has 0 aliphatic heterocycles. The average Bonchev–Trinajstić information content (AvgIpc) is 2.29. The van der Waals surface area contributed by atoms with Crippen LogP contribution in [0, 0.1) is 0 Å². The molecule has 1 rings (SSSR count). The number of rotatable bonds is 5. The lowest BCUT2D eigenvalue weighted by molar-refractivity contribution is 0.234. The minimum absolute atomic E-state index is 0.592. The predicted octanol–water partition coefficient (Wildman–Crippen LogP) is 2.36. The maximum Gasteiger partial charge on any atom is 0.129 e. The van der Waals surface area contributed by atoms with Crippen LogP contribution in [0.25, 0.3) is 6.08 Å². The first kappa shape index (κ1) is 11.6. The molecule has 0 fully saturated rings. The van der Waals surface area contributed by atoms with Gasteiger partial charge in [0.05, 0.1) is 20.8 Å². The lowest BCUT2D eigenvalue weighted by atomic mass is 10.2. The summed E-state index contributed by atoms with van der Waals surface area (Å²) in [5.74, 6) is 1.58. The summed E-state index contributed by atoms with van der Waals surface area (Å²) in [6.07, 6.45) is 3.89. The minimum Gasteiger partial charge on any atom is -0.497 e. The molecule has 0 saturated heterocycles. The van der Waals surface area contributed by atoms with Gasteiger partial charge in [-0.05, 0) is 12.1 Å². The first-order valence-corrected chi connectivity index (χ1v) is 4.69. The molecule has 0 unspecified atom stereocenters. The van der Waals surface area contributed by atoms with Crippen LogP contribution in [0.15, 0.2) is 24.3 Å². The molecule has 1 aromatic carbocycles. The molecule has 0 heterocycles. The van der Waals surface area contributed by atoms with E-state index in [0.717, 1.165) is 17.1 Å². The van der Waals surface area contributed by atoms with Crippen LogP contribution in [0.2, 0.25) is 0 Å². The third-order valence-corrected chi connectivity index (χ3v) is 2.00. The SMILES string of the molecule is COCC=Cc1ccc(OC)cc1OC. The van der Waals surface area contributed by atoms with Crippen LogP contribution in [0.5, 0.6) is 11.5 Å². The zero-order valence-electron chi connectivity index (χ0n) is 9.32. The fraction of sp³-hybridized carbons (Fsp3) is 0.333. The molecule has 0 aliphatic rings. The van der Waals surface area contributed by atoms with E-state index in [-0.39, 0.29) is 0 Å². The Labute approximate surface area is 90.3 Å². The maximum absolute atomic E-state index is 5.25. The Morgan fingerprint density at radius 3 is 2.53 bits per heavy atom. The van der Waals surface area contributed by atoms with Crippen molar-refractivity contribution >= 4 is 6.08 Å². The van der Waals surface area contributed by atoms with Crippen molar-refractivity contribution in [3.05, 3.63) is 29.8 Å². The summed E-state index contributed by atoms with van der Waals surface area (Å²) < 4.78 is 15.3. The van der Waals surface area contributed by atoms with Crippen LogP contribution in [-0.2, 0) is 4.74 Å². The summed E-state index contributed by atoms with van der Waals surface area (Å²) in [4.78, 5) is 0. The fourth-order valence-electron chi connectivity index (χ4n) is 1.23. The Kier molecular flexibility index (Phi) is 4.71. The molecule has 0 saturated carbocycles. The molecular formula is C12H16O3. The Hall–Kier alpha value is -1.48.